The SMILES string of the molecule is N#CC(C#N)C(Nc1n[nH]c(Nc2ccccc2)c1-c1nc(-c2cc3c(ccc4ccccc43)oc2=O)cs1)c1ccccc1. The van der Waals surface area contributed by atoms with Crippen molar-refractivity contribution in [1.29, 1.82) is 10.5 Å². The lowest BCUT2D eigenvalue weighted by Gasteiger charge is -2.20. The molecule has 0 fully saturated rings. The van der Waals surface area contributed by atoms with Gasteiger partial charge in [0.1, 0.15) is 16.4 Å². The number of benzene rings is 4. The molecule has 9 nitrogen and oxygen atoms in total. The van der Waals surface area contributed by atoms with E-state index in [-0.39, 0.29) is 0 Å². The second-order valence-electron chi connectivity index (χ2n) is 10.3. The van der Waals surface area contributed by atoms with Crippen LogP contribution in [0.1, 0.15) is 11.6 Å². The van der Waals surface area contributed by atoms with Gasteiger partial charge in [-0.3, -0.25) is 5.10 Å². The number of hydrogen-bond acceptors (Lipinski definition) is 9. The van der Waals surface area contributed by atoms with Crippen LogP contribution in [0.3, 0.4) is 0 Å². The van der Waals surface area contributed by atoms with E-state index in [1.165, 1.54) is 11.3 Å². The Hall–Kier alpha value is -6.23. The average molecular weight is 606 g/mol. The van der Waals surface area contributed by atoms with Gasteiger partial charge in [0.2, 0.25) is 0 Å². The molecule has 0 spiro atoms. The topological polar surface area (TPSA) is 143 Å². The summed E-state index contributed by atoms with van der Waals surface area (Å²) in [4.78, 5) is 18.1. The van der Waals surface area contributed by atoms with Gasteiger partial charge in [0, 0.05) is 16.5 Å². The van der Waals surface area contributed by atoms with Gasteiger partial charge in [-0.2, -0.15) is 15.6 Å². The van der Waals surface area contributed by atoms with Crippen molar-refractivity contribution in [1.82, 2.24) is 15.2 Å². The van der Waals surface area contributed by atoms with E-state index in [2.05, 4.69) is 33.0 Å². The maximum Gasteiger partial charge on any atom is 0.345 e. The zero-order valence-corrected chi connectivity index (χ0v) is 24.4. The summed E-state index contributed by atoms with van der Waals surface area (Å²) in [6, 6.07) is 35.9. The zero-order valence-electron chi connectivity index (χ0n) is 23.6. The third-order valence-corrected chi connectivity index (χ3v) is 8.37. The fourth-order valence-corrected chi connectivity index (χ4v) is 6.19. The Bertz CT molecular complexity index is 2280. The maximum atomic E-state index is 13.2. The first-order valence-corrected chi connectivity index (χ1v) is 14.9. The largest absolute Gasteiger partial charge is 0.422 e. The van der Waals surface area contributed by atoms with E-state index in [1.807, 2.05) is 102 Å². The number of anilines is 3. The van der Waals surface area contributed by atoms with Crippen LogP contribution in [0.5, 0.6) is 0 Å². The summed E-state index contributed by atoms with van der Waals surface area (Å²) in [5.74, 6) is -0.0416. The minimum atomic E-state index is -0.994. The summed E-state index contributed by atoms with van der Waals surface area (Å²) in [6.45, 7) is 0. The van der Waals surface area contributed by atoms with Crippen molar-refractivity contribution in [3.05, 3.63) is 124 Å². The van der Waals surface area contributed by atoms with Crippen LogP contribution in [0.25, 0.3) is 43.6 Å². The number of aromatic nitrogens is 3. The van der Waals surface area contributed by atoms with Crippen molar-refractivity contribution >= 4 is 50.4 Å². The quantitative estimate of drug-likeness (QED) is 0.117. The van der Waals surface area contributed by atoms with Gasteiger partial charge in [0.05, 0.1) is 35.0 Å². The molecule has 0 aliphatic rings. The highest BCUT2D eigenvalue weighted by molar-refractivity contribution is 7.13. The summed E-state index contributed by atoms with van der Waals surface area (Å²) >= 11 is 1.34. The number of aromatic amines is 1. The molecular formula is C35H23N7O2S. The van der Waals surface area contributed by atoms with Gasteiger partial charge in [0.25, 0.3) is 0 Å². The van der Waals surface area contributed by atoms with Crippen LogP contribution in [0.4, 0.5) is 17.3 Å². The summed E-state index contributed by atoms with van der Waals surface area (Å²) in [6.07, 6.45) is 0. The molecule has 3 heterocycles. The molecule has 10 heteroatoms. The molecule has 0 aliphatic carbocycles. The van der Waals surface area contributed by atoms with E-state index < -0.39 is 17.6 Å². The third-order valence-electron chi connectivity index (χ3n) is 7.51. The number of rotatable bonds is 8. The van der Waals surface area contributed by atoms with Crippen LogP contribution in [-0.2, 0) is 0 Å². The lowest BCUT2D eigenvalue weighted by molar-refractivity contribution is 0.563. The molecule has 7 rings (SSSR count). The summed E-state index contributed by atoms with van der Waals surface area (Å²) in [7, 11) is 0. The number of thiazole rings is 1. The number of nitrogens with one attached hydrogen (secondary N) is 3. The molecule has 0 saturated carbocycles. The van der Waals surface area contributed by atoms with Crippen LogP contribution in [0.2, 0.25) is 0 Å². The molecule has 3 aromatic heterocycles. The molecule has 216 valence electrons. The molecule has 0 bridgehead atoms. The monoisotopic (exact) mass is 605 g/mol. The highest BCUT2D eigenvalue weighted by atomic mass is 32.1. The first-order chi connectivity index (χ1) is 22.1. The minimum Gasteiger partial charge on any atom is -0.422 e. The lowest BCUT2D eigenvalue weighted by Crippen LogP contribution is -2.19. The van der Waals surface area contributed by atoms with Crippen LogP contribution in [0, 0.1) is 28.6 Å². The molecule has 3 N–H and O–H groups in total. The Labute approximate surface area is 261 Å². The lowest BCUT2D eigenvalue weighted by atomic mass is 9.95. The average Bonchev–Trinajstić information content (AvgIpc) is 3.72. The molecule has 7 aromatic rings. The molecular weight excluding hydrogens is 582 g/mol. The maximum absolute atomic E-state index is 13.2. The van der Waals surface area contributed by atoms with Gasteiger partial charge in [0.15, 0.2) is 11.7 Å². The van der Waals surface area contributed by atoms with Crippen LogP contribution < -0.4 is 16.3 Å². The number of nitrogens with zero attached hydrogens (tertiary/aromatic N) is 4. The van der Waals surface area contributed by atoms with E-state index in [9.17, 15) is 15.3 Å². The van der Waals surface area contributed by atoms with Gasteiger partial charge >= 0.3 is 5.63 Å². The first kappa shape index (κ1) is 27.6. The fraction of sp³-hybridized carbons (Fsp3) is 0.0571. The Balaban J connectivity index is 1.34. The van der Waals surface area contributed by atoms with Crippen molar-refractivity contribution in [2.45, 2.75) is 6.04 Å². The second kappa shape index (κ2) is 11.8. The van der Waals surface area contributed by atoms with E-state index in [0.29, 0.717) is 39.0 Å². The molecule has 0 saturated heterocycles. The Morgan fingerprint density at radius 3 is 2.38 bits per heavy atom. The Morgan fingerprint density at radius 2 is 1.60 bits per heavy atom. The molecule has 0 aliphatic heterocycles. The van der Waals surface area contributed by atoms with Gasteiger partial charge < -0.3 is 15.1 Å². The summed E-state index contributed by atoms with van der Waals surface area (Å²) in [5, 5.41) is 39.1. The van der Waals surface area contributed by atoms with E-state index in [4.69, 9.17) is 9.40 Å². The molecule has 4 aromatic carbocycles. The number of hydrogen-bond donors (Lipinski definition) is 3. The number of fused-ring (bicyclic) bond motifs is 3. The summed E-state index contributed by atoms with van der Waals surface area (Å²) in [5.41, 5.74) is 3.00. The van der Waals surface area contributed by atoms with Crippen molar-refractivity contribution in [3.63, 3.8) is 0 Å². The van der Waals surface area contributed by atoms with Crippen LogP contribution >= 0.6 is 11.3 Å². The zero-order chi connectivity index (χ0) is 30.8. The summed E-state index contributed by atoms with van der Waals surface area (Å²) < 4.78 is 5.74. The minimum absolute atomic E-state index is 0.341. The molecule has 45 heavy (non-hydrogen) atoms. The Kier molecular flexibility index (Phi) is 7.24. The van der Waals surface area contributed by atoms with Gasteiger partial charge in [-0.1, -0.05) is 78.9 Å². The van der Waals surface area contributed by atoms with E-state index in [1.54, 1.807) is 6.07 Å². The predicted molar refractivity (Wildman–Crippen MR) is 176 cm³/mol. The van der Waals surface area contributed by atoms with Crippen molar-refractivity contribution in [2.75, 3.05) is 10.6 Å². The van der Waals surface area contributed by atoms with Crippen LogP contribution in [-0.4, -0.2) is 15.2 Å². The molecule has 1 unspecified atom stereocenters. The molecule has 1 atom stereocenters. The Morgan fingerprint density at radius 1 is 0.867 bits per heavy atom. The second-order valence-corrected chi connectivity index (χ2v) is 11.1. The van der Waals surface area contributed by atoms with E-state index in [0.717, 1.165) is 27.4 Å². The van der Waals surface area contributed by atoms with Gasteiger partial charge in [-0.15, -0.1) is 11.3 Å². The number of para-hydroxylation sites is 1. The number of nitriles is 2. The molecule has 0 radical (unpaired) electrons. The normalized spacial score (nSPS) is 11.7. The van der Waals surface area contributed by atoms with E-state index >= 15 is 0 Å². The van der Waals surface area contributed by atoms with Gasteiger partial charge in [-0.05, 0) is 40.6 Å². The smallest absolute Gasteiger partial charge is 0.345 e. The number of H-pyrrole nitrogens is 1. The van der Waals surface area contributed by atoms with Crippen molar-refractivity contribution in [2.24, 2.45) is 5.92 Å². The van der Waals surface area contributed by atoms with Crippen LogP contribution in [0.15, 0.2) is 118 Å². The standard InChI is InChI=1S/C35H23N7O2S/c36-18-23(19-37)31(22-10-3-1-4-11-22)40-33-30(32(41-42-33)38-24-12-5-2-6-13-24)34-39-28(20-45-34)27-17-26-25-14-8-7-9-21(25)15-16-29(26)44-35(27)43/h1-17,20,23,31H,(H3,38,40,41,42). The highest BCUT2D eigenvalue weighted by Gasteiger charge is 2.28. The molecule has 0 amide bonds. The predicted octanol–water partition coefficient (Wildman–Crippen LogP) is 8.02. The first-order valence-electron chi connectivity index (χ1n) is 14.1. The highest BCUT2D eigenvalue weighted by Crippen LogP contribution is 2.40. The van der Waals surface area contributed by atoms with Gasteiger partial charge in [-0.25, -0.2) is 9.78 Å². The fourth-order valence-electron chi connectivity index (χ4n) is 5.32. The third kappa shape index (κ3) is 5.27. The van der Waals surface area contributed by atoms with Crippen molar-refractivity contribution < 1.29 is 4.42 Å². The van der Waals surface area contributed by atoms with Crippen molar-refractivity contribution in [3.8, 4) is 34.0 Å².